The Morgan fingerprint density at radius 3 is 2.86 bits per heavy atom. The molecule has 0 aliphatic carbocycles. The number of hydrogen-bond acceptors (Lipinski definition) is 3. The van der Waals surface area contributed by atoms with Crippen LogP contribution in [0.25, 0.3) is 0 Å². The van der Waals surface area contributed by atoms with Crippen LogP contribution < -0.4 is 5.32 Å². The number of nitrogens with one attached hydrogen (secondary N) is 1. The molecular weight excluding hydrogens is 184 g/mol. The average Bonchev–Trinajstić information content (AvgIpc) is 2.72. The Labute approximate surface area is 80.5 Å². The molecule has 0 unspecified atom stereocenters. The largest absolute Gasteiger partial charge is 0.324 e. The molecule has 3 amide bonds. The maximum Gasteiger partial charge on any atom is 0.324 e. The van der Waals surface area contributed by atoms with Gasteiger partial charge in [0.1, 0.15) is 6.54 Å². The van der Waals surface area contributed by atoms with E-state index in [1.807, 2.05) is 12.3 Å². The van der Waals surface area contributed by atoms with Gasteiger partial charge in [0.05, 0.1) is 6.54 Å². The minimum absolute atomic E-state index is 0.153. The first-order valence-corrected chi connectivity index (χ1v) is 4.32. The minimum atomic E-state index is -0.317. The molecule has 1 N–H and O–H groups in total. The molecule has 0 saturated carbocycles. The molecule has 1 aromatic rings. The van der Waals surface area contributed by atoms with Crippen molar-refractivity contribution in [3.63, 3.8) is 0 Å². The maximum atomic E-state index is 11.1. The number of nitrogens with zero attached hydrogens (tertiary/aromatic N) is 3. The molecule has 1 aliphatic heterocycles. The Kier molecular flexibility index (Phi) is 2.18. The van der Waals surface area contributed by atoms with E-state index in [1.54, 1.807) is 10.9 Å². The zero-order valence-electron chi connectivity index (χ0n) is 7.51. The van der Waals surface area contributed by atoms with E-state index >= 15 is 0 Å². The molecule has 6 heteroatoms. The molecule has 0 spiro atoms. The first-order valence-electron chi connectivity index (χ1n) is 4.32. The highest BCUT2D eigenvalue weighted by Gasteiger charge is 2.25. The number of carbonyl (C=O) groups excluding carboxylic acids is 2. The lowest BCUT2D eigenvalue weighted by Gasteiger charge is -2.12. The van der Waals surface area contributed by atoms with Crippen molar-refractivity contribution in [3.8, 4) is 0 Å². The molecule has 0 radical (unpaired) electrons. The summed E-state index contributed by atoms with van der Waals surface area (Å²) in [5.41, 5.74) is 0. The summed E-state index contributed by atoms with van der Waals surface area (Å²) in [6.45, 7) is 1.26. The van der Waals surface area contributed by atoms with E-state index in [4.69, 9.17) is 0 Å². The molecule has 1 saturated heterocycles. The van der Waals surface area contributed by atoms with Crippen molar-refractivity contribution in [2.24, 2.45) is 0 Å². The summed E-state index contributed by atoms with van der Waals surface area (Å²) < 4.78 is 1.72. The molecule has 14 heavy (non-hydrogen) atoms. The van der Waals surface area contributed by atoms with Crippen LogP contribution in [0, 0.1) is 0 Å². The first-order chi connectivity index (χ1) is 6.75. The zero-order valence-corrected chi connectivity index (χ0v) is 7.51. The lowest BCUT2D eigenvalue weighted by molar-refractivity contribution is -0.118. The van der Waals surface area contributed by atoms with Gasteiger partial charge in [0, 0.05) is 18.9 Å². The smallest absolute Gasteiger partial charge is 0.313 e. The quantitative estimate of drug-likeness (QED) is 0.655. The van der Waals surface area contributed by atoms with Gasteiger partial charge in [0.2, 0.25) is 5.91 Å². The molecule has 2 rings (SSSR count). The van der Waals surface area contributed by atoms with Crippen LogP contribution >= 0.6 is 0 Å². The number of hydrogen-bond donors (Lipinski definition) is 1. The third-order valence-corrected chi connectivity index (χ3v) is 2.03. The highest BCUT2D eigenvalue weighted by Crippen LogP contribution is 1.98. The Morgan fingerprint density at radius 1 is 1.43 bits per heavy atom. The summed E-state index contributed by atoms with van der Waals surface area (Å²) in [5.74, 6) is -0.240. The van der Waals surface area contributed by atoms with Crippen molar-refractivity contribution in [3.05, 3.63) is 18.5 Å². The van der Waals surface area contributed by atoms with Gasteiger partial charge < -0.3 is 4.90 Å². The van der Waals surface area contributed by atoms with Gasteiger partial charge in [-0.15, -0.1) is 0 Å². The number of rotatable bonds is 3. The van der Waals surface area contributed by atoms with Crippen molar-refractivity contribution >= 4 is 11.9 Å². The van der Waals surface area contributed by atoms with E-state index < -0.39 is 0 Å². The Balaban J connectivity index is 1.87. The van der Waals surface area contributed by atoms with Gasteiger partial charge in [0.25, 0.3) is 0 Å². The summed E-state index contributed by atoms with van der Waals surface area (Å²) in [6, 6.07) is 1.50. The van der Waals surface area contributed by atoms with Crippen molar-refractivity contribution in [2.75, 3.05) is 13.1 Å². The van der Waals surface area contributed by atoms with E-state index in [1.165, 1.54) is 4.90 Å². The fraction of sp³-hybridized carbons (Fsp3) is 0.375. The van der Waals surface area contributed by atoms with Gasteiger partial charge in [-0.3, -0.25) is 14.8 Å². The highest BCUT2D eigenvalue weighted by molar-refractivity contribution is 6.01. The predicted octanol–water partition coefficient (Wildman–Crippen LogP) is -0.565. The molecule has 1 fully saturated rings. The number of carbonyl (C=O) groups is 2. The van der Waals surface area contributed by atoms with Gasteiger partial charge in [-0.1, -0.05) is 0 Å². The summed E-state index contributed by atoms with van der Waals surface area (Å²) in [6.07, 6.45) is 3.49. The second-order valence-corrected chi connectivity index (χ2v) is 3.04. The van der Waals surface area contributed by atoms with E-state index in [9.17, 15) is 9.59 Å². The Morgan fingerprint density at radius 2 is 2.29 bits per heavy atom. The summed E-state index contributed by atoms with van der Waals surface area (Å²) in [5, 5.41) is 6.21. The third kappa shape index (κ3) is 1.73. The van der Waals surface area contributed by atoms with Crippen molar-refractivity contribution in [2.45, 2.75) is 6.54 Å². The van der Waals surface area contributed by atoms with Gasteiger partial charge >= 0.3 is 6.03 Å². The standard InChI is InChI=1S/C8H10N4O2/c13-7-6-11(8(14)10-7)4-5-12-3-1-2-9-12/h1-3H,4-6H2,(H,10,13,14). The van der Waals surface area contributed by atoms with Gasteiger partial charge in [0.15, 0.2) is 0 Å². The Hall–Kier alpha value is -1.85. The second kappa shape index (κ2) is 3.49. The van der Waals surface area contributed by atoms with Crippen LogP contribution in [0.3, 0.4) is 0 Å². The van der Waals surface area contributed by atoms with Crippen LogP contribution in [-0.4, -0.2) is 39.7 Å². The molecule has 0 atom stereocenters. The van der Waals surface area contributed by atoms with Gasteiger partial charge in [-0.2, -0.15) is 5.10 Å². The molecule has 0 bridgehead atoms. The molecule has 2 heterocycles. The van der Waals surface area contributed by atoms with Crippen molar-refractivity contribution < 1.29 is 9.59 Å². The monoisotopic (exact) mass is 194 g/mol. The Bertz CT molecular complexity index is 346. The molecule has 0 aromatic carbocycles. The van der Waals surface area contributed by atoms with Crippen LogP contribution in [0.4, 0.5) is 4.79 Å². The third-order valence-electron chi connectivity index (χ3n) is 2.03. The van der Waals surface area contributed by atoms with E-state index in [0.717, 1.165) is 0 Å². The van der Waals surface area contributed by atoms with Crippen molar-refractivity contribution in [1.82, 2.24) is 20.0 Å². The van der Waals surface area contributed by atoms with Crippen molar-refractivity contribution in [1.29, 1.82) is 0 Å². The maximum absolute atomic E-state index is 11.1. The fourth-order valence-corrected chi connectivity index (χ4v) is 1.32. The summed E-state index contributed by atoms with van der Waals surface area (Å²) >= 11 is 0. The van der Waals surface area contributed by atoms with E-state index in [0.29, 0.717) is 13.1 Å². The van der Waals surface area contributed by atoms with Crippen LogP contribution in [-0.2, 0) is 11.3 Å². The molecular formula is C8H10N4O2. The minimum Gasteiger partial charge on any atom is -0.313 e. The second-order valence-electron chi connectivity index (χ2n) is 3.04. The first kappa shape index (κ1) is 8.74. The van der Waals surface area contributed by atoms with Gasteiger partial charge in [-0.05, 0) is 6.07 Å². The summed E-state index contributed by atoms with van der Waals surface area (Å²) in [7, 11) is 0. The topological polar surface area (TPSA) is 67.2 Å². The van der Waals surface area contributed by atoms with Gasteiger partial charge in [-0.25, -0.2) is 4.79 Å². The number of imide groups is 1. The number of urea groups is 1. The number of aromatic nitrogens is 2. The molecule has 74 valence electrons. The highest BCUT2D eigenvalue weighted by atomic mass is 16.2. The predicted molar refractivity (Wildman–Crippen MR) is 47.3 cm³/mol. The number of amides is 3. The molecule has 6 nitrogen and oxygen atoms in total. The molecule has 1 aromatic heterocycles. The lowest BCUT2D eigenvalue weighted by atomic mass is 10.5. The van der Waals surface area contributed by atoms with E-state index in [2.05, 4.69) is 10.4 Å². The summed E-state index contributed by atoms with van der Waals surface area (Å²) in [4.78, 5) is 23.4. The van der Waals surface area contributed by atoms with Crippen LogP contribution in [0.2, 0.25) is 0 Å². The molecule has 1 aliphatic rings. The fourth-order valence-electron chi connectivity index (χ4n) is 1.32. The van der Waals surface area contributed by atoms with Crippen LogP contribution in [0.15, 0.2) is 18.5 Å². The normalized spacial score (nSPS) is 16.1. The van der Waals surface area contributed by atoms with E-state index in [-0.39, 0.29) is 18.5 Å². The zero-order chi connectivity index (χ0) is 9.97. The SMILES string of the molecule is O=C1CN(CCn2cccn2)C(=O)N1. The lowest BCUT2D eigenvalue weighted by Crippen LogP contribution is -2.31. The van der Waals surface area contributed by atoms with Crippen LogP contribution in [0.5, 0.6) is 0 Å². The average molecular weight is 194 g/mol. The van der Waals surface area contributed by atoms with Crippen LogP contribution in [0.1, 0.15) is 0 Å².